The number of anilines is 2. The summed E-state index contributed by atoms with van der Waals surface area (Å²) in [5, 5.41) is 5.57. The van der Waals surface area contributed by atoms with Crippen LogP contribution in [0.5, 0.6) is 0 Å². The lowest BCUT2D eigenvalue weighted by atomic mass is 10.1. The summed E-state index contributed by atoms with van der Waals surface area (Å²) in [5.41, 5.74) is 3.13. The van der Waals surface area contributed by atoms with Crippen LogP contribution in [0.2, 0.25) is 0 Å². The van der Waals surface area contributed by atoms with E-state index in [1.54, 1.807) is 0 Å². The van der Waals surface area contributed by atoms with Crippen LogP contribution in [0.3, 0.4) is 0 Å². The number of carbonyl (C=O) groups is 1. The molecule has 0 aliphatic rings. The number of nitrogens with zero attached hydrogens (tertiary/aromatic N) is 1. The fraction of sp³-hybridized carbons (Fsp3) is 0.500. The van der Waals surface area contributed by atoms with Gasteiger partial charge in [-0.15, -0.1) is 0 Å². The van der Waals surface area contributed by atoms with Crippen molar-refractivity contribution in [3.63, 3.8) is 0 Å². The van der Waals surface area contributed by atoms with Gasteiger partial charge in [-0.1, -0.05) is 0 Å². The summed E-state index contributed by atoms with van der Waals surface area (Å²) in [6, 6.07) is 5.95. The van der Waals surface area contributed by atoms with Crippen LogP contribution in [-0.4, -0.2) is 25.7 Å². The molecule has 0 fully saturated rings. The van der Waals surface area contributed by atoms with Crippen molar-refractivity contribution >= 4 is 17.4 Å². The van der Waals surface area contributed by atoms with E-state index >= 15 is 0 Å². The third kappa shape index (κ3) is 4.99. The maximum Gasteiger partial charge on any atom is 0.319 e. The predicted octanol–water partition coefficient (Wildman–Crippen LogP) is -0.0134. The maximum absolute atomic E-state index is 11.5. The van der Waals surface area contributed by atoms with Crippen LogP contribution in [-0.2, 0) is 0 Å². The van der Waals surface area contributed by atoms with E-state index < -0.39 is 0 Å². The molecule has 1 aromatic carbocycles. The van der Waals surface area contributed by atoms with Crippen molar-refractivity contribution in [3.05, 3.63) is 23.8 Å². The first-order chi connectivity index (χ1) is 8.62. The monoisotopic (exact) mass is 284 g/mol. The average molecular weight is 285 g/mol. The summed E-state index contributed by atoms with van der Waals surface area (Å²) in [6.45, 7) is 10.8. The Labute approximate surface area is 122 Å². The van der Waals surface area contributed by atoms with E-state index in [2.05, 4.69) is 35.4 Å². The highest BCUT2D eigenvalue weighted by atomic mass is 35.5. The fourth-order valence-electron chi connectivity index (χ4n) is 1.90. The lowest BCUT2D eigenvalue weighted by molar-refractivity contribution is -0.00000712. The zero-order valence-electron chi connectivity index (χ0n) is 12.1. The van der Waals surface area contributed by atoms with E-state index in [1.165, 1.54) is 5.69 Å². The van der Waals surface area contributed by atoms with Gasteiger partial charge in [-0.05, 0) is 51.5 Å². The molecule has 0 unspecified atom stereocenters. The first-order valence-corrected chi connectivity index (χ1v) is 6.52. The highest BCUT2D eigenvalue weighted by molar-refractivity contribution is 5.90. The summed E-state index contributed by atoms with van der Waals surface area (Å²) in [4.78, 5) is 13.7. The van der Waals surface area contributed by atoms with Crippen LogP contribution in [0.15, 0.2) is 18.2 Å². The van der Waals surface area contributed by atoms with Crippen LogP contribution >= 0.6 is 0 Å². The number of hydrogen-bond donors (Lipinski definition) is 2. The van der Waals surface area contributed by atoms with Gasteiger partial charge in [0.25, 0.3) is 0 Å². The maximum atomic E-state index is 11.5. The SMILES string of the molecule is CCNC(=O)Nc1ccc(N(CC)CC)cc1C.[Cl-]. The minimum atomic E-state index is -0.156. The number of amides is 2. The standard InChI is InChI=1S/C14H23N3O.ClH/c1-5-15-14(18)16-13-9-8-12(10-11(13)4)17(6-2)7-3;/h8-10H,5-7H2,1-4H3,(H2,15,16,18);1H/p-1. The Morgan fingerprint density at radius 3 is 2.32 bits per heavy atom. The molecule has 19 heavy (non-hydrogen) atoms. The Bertz CT molecular complexity index is 406. The molecule has 0 saturated carbocycles. The lowest BCUT2D eigenvalue weighted by Crippen LogP contribution is -3.00. The number of hydrogen-bond acceptors (Lipinski definition) is 2. The topological polar surface area (TPSA) is 44.4 Å². The fourth-order valence-corrected chi connectivity index (χ4v) is 1.90. The van der Waals surface area contributed by atoms with Gasteiger partial charge in [0.15, 0.2) is 0 Å². The van der Waals surface area contributed by atoms with Gasteiger partial charge in [0, 0.05) is 31.0 Å². The van der Waals surface area contributed by atoms with Crippen LogP contribution in [0.4, 0.5) is 16.2 Å². The first kappa shape index (κ1) is 17.6. The normalized spacial score (nSPS) is 9.47. The Kier molecular flexibility index (Phi) is 8.00. The third-order valence-electron chi connectivity index (χ3n) is 2.92. The van der Waals surface area contributed by atoms with Crippen molar-refractivity contribution in [2.75, 3.05) is 29.9 Å². The van der Waals surface area contributed by atoms with Gasteiger partial charge in [-0.2, -0.15) is 0 Å². The van der Waals surface area contributed by atoms with E-state index in [9.17, 15) is 4.79 Å². The van der Waals surface area contributed by atoms with Gasteiger partial charge in [0.2, 0.25) is 0 Å². The predicted molar refractivity (Wildman–Crippen MR) is 77.4 cm³/mol. The molecule has 0 radical (unpaired) electrons. The zero-order valence-corrected chi connectivity index (χ0v) is 12.8. The van der Waals surface area contributed by atoms with E-state index in [0.29, 0.717) is 6.54 Å². The molecule has 0 saturated heterocycles. The number of nitrogens with one attached hydrogen (secondary N) is 2. The molecule has 4 nitrogen and oxygen atoms in total. The zero-order chi connectivity index (χ0) is 13.5. The highest BCUT2D eigenvalue weighted by Crippen LogP contribution is 2.22. The van der Waals surface area contributed by atoms with Gasteiger partial charge in [-0.25, -0.2) is 4.79 Å². The highest BCUT2D eigenvalue weighted by Gasteiger charge is 2.06. The second kappa shape index (κ2) is 8.64. The molecule has 0 heterocycles. The molecule has 0 atom stereocenters. The van der Waals surface area contributed by atoms with Crippen molar-refractivity contribution in [2.45, 2.75) is 27.7 Å². The Hall–Kier alpha value is -1.42. The summed E-state index contributed by atoms with van der Waals surface area (Å²) >= 11 is 0. The molecule has 0 aliphatic carbocycles. The molecule has 0 spiro atoms. The van der Waals surface area contributed by atoms with Crippen molar-refractivity contribution in [3.8, 4) is 0 Å². The van der Waals surface area contributed by atoms with Crippen LogP contribution < -0.4 is 27.9 Å². The summed E-state index contributed by atoms with van der Waals surface area (Å²) < 4.78 is 0. The van der Waals surface area contributed by atoms with Gasteiger partial charge in [0.1, 0.15) is 0 Å². The number of halogens is 1. The largest absolute Gasteiger partial charge is 1.00 e. The van der Waals surface area contributed by atoms with Crippen molar-refractivity contribution < 1.29 is 17.2 Å². The van der Waals surface area contributed by atoms with Gasteiger partial charge >= 0.3 is 6.03 Å². The van der Waals surface area contributed by atoms with Crippen LogP contribution in [0.25, 0.3) is 0 Å². The molecule has 108 valence electrons. The molecule has 2 amide bonds. The molecule has 2 N–H and O–H groups in total. The lowest BCUT2D eigenvalue weighted by Gasteiger charge is -2.22. The van der Waals surface area contributed by atoms with Crippen molar-refractivity contribution in [1.82, 2.24) is 5.32 Å². The average Bonchev–Trinajstić information content (AvgIpc) is 2.34. The smallest absolute Gasteiger partial charge is 0.319 e. The number of urea groups is 1. The summed E-state index contributed by atoms with van der Waals surface area (Å²) in [5.74, 6) is 0. The minimum Gasteiger partial charge on any atom is -1.00 e. The second-order valence-electron chi connectivity index (χ2n) is 4.16. The summed E-state index contributed by atoms with van der Waals surface area (Å²) in [6.07, 6.45) is 0. The van der Waals surface area contributed by atoms with E-state index in [1.807, 2.05) is 26.0 Å². The molecule has 1 rings (SSSR count). The molecule has 0 aromatic heterocycles. The van der Waals surface area contributed by atoms with Crippen LogP contribution in [0, 0.1) is 6.92 Å². The van der Waals surface area contributed by atoms with Crippen LogP contribution in [0.1, 0.15) is 26.3 Å². The number of rotatable bonds is 5. The molecular formula is C14H23ClN3O-. The van der Waals surface area contributed by atoms with Crippen molar-refractivity contribution in [1.29, 1.82) is 0 Å². The Balaban J connectivity index is 0.00000324. The van der Waals surface area contributed by atoms with E-state index in [4.69, 9.17) is 0 Å². The molecule has 5 heteroatoms. The third-order valence-corrected chi connectivity index (χ3v) is 2.92. The minimum absolute atomic E-state index is 0. The molecule has 0 bridgehead atoms. The Morgan fingerprint density at radius 1 is 1.21 bits per heavy atom. The Morgan fingerprint density at radius 2 is 1.84 bits per heavy atom. The quantitative estimate of drug-likeness (QED) is 0.799. The number of carbonyl (C=O) groups excluding carboxylic acids is 1. The van der Waals surface area contributed by atoms with Gasteiger partial charge in [-0.3, -0.25) is 0 Å². The number of aryl methyl sites for hydroxylation is 1. The molecular weight excluding hydrogens is 262 g/mol. The van der Waals surface area contributed by atoms with E-state index in [0.717, 1.165) is 24.3 Å². The second-order valence-corrected chi connectivity index (χ2v) is 4.16. The van der Waals surface area contributed by atoms with Crippen molar-refractivity contribution in [2.24, 2.45) is 0 Å². The van der Waals surface area contributed by atoms with E-state index in [-0.39, 0.29) is 18.4 Å². The molecule has 0 aliphatic heterocycles. The molecule has 1 aromatic rings. The summed E-state index contributed by atoms with van der Waals surface area (Å²) in [7, 11) is 0. The number of benzene rings is 1. The van der Waals surface area contributed by atoms with Gasteiger partial charge in [0.05, 0.1) is 0 Å². The van der Waals surface area contributed by atoms with Gasteiger partial charge < -0.3 is 27.9 Å². The first-order valence-electron chi connectivity index (χ1n) is 6.52.